The molecular weight excluding hydrogens is 164 g/mol. The minimum atomic E-state index is -0.143. The van der Waals surface area contributed by atoms with Crippen LogP contribution in [0.2, 0.25) is 0 Å². The van der Waals surface area contributed by atoms with Gasteiger partial charge in [0.25, 0.3) is 0 Å². The van der Waals surface area contributed by atoms with Gasteiger partial charge in [-0.05, 0) is 11.5 Å². The molecule has 1 heterocycles. The second kappa shape index (κ2) is 3.45. The molecule has 4 nitrogen and oxygen atoms in total. The summed E-state index contributed by atoms with van der Waals surface area (Å²) in [7, 11) is 1.47. The van der Waals surface area contributed by atoms with Crippen molar-refractivity contribution in [2.75, 3.05) is 13.7 Å². The van der Waals surface area contributed by atoms with E-state index in [2.05, 4.69) is 4.37 Å². The number of nitrogens with two attached hydrogens (primary N) is 1. The van der Waals surface area contributed by atoms with Crippen LogP contribution in [-0.4, -0.2) is 23.8 Å². The molecule has 0 aromatic carbocycles. The number of carbonyl (C=O) groups excluding carboxylic acids is 1. The van der Waals surface area contributed by atoms with Gasteiger partial charge in [0.2, 0.25) is 5.88 Å². The van der Waals surface area contributed by atoms with Gasteiger partial charge in [-0.3, -0.25) is 4.79 Å². The molecule has 60 valence electrons. The number of hydrogen-bond acceptors (Lipinski definition) is 5. The number of nitrogens with zero attached hydrogens (tertiary/aromatic N) is 1. The molecule has 0 unspecified atom stereocenters. The van der Waals surface area contributed by atoms with Crippen LogP contribution in [0, 0.1) is 0 Å². The zero-order valence-electron chi connectivity index (χ0n) is 6.03. The fourth-order valence-electron chi connectivity index (χ4n) is 0.669. The molecule has 1 rings (SSSR count). The predicted molar refractivity (Wildman–Crippen MR) is 42.1 cm³/mol. The first-order valence-corrected chi connectivity index (χ1v) is 3.85. The van der Waals surface area contributed by atoms with Crippen molar-refractivity contribution in [3.63, 3.8) is 0 Å². The SMILES string of the molecule is COc1nscc1C(=O)CN. The Kier molecular flexibility index (Phi) is 2.56. The molecule has 1 aromatic heterocycles. The molecule has 0 atom stereocenters. The second-order valence-corrected chi connectivity index (χ2v) is 2.49. The highest BCUT2D eigenvalue weighted by Crippen LogP contribution is 2.18. The normalized spacial score (nSPS) is 9.64. The van der Waals surface area contributed by atoms with Crippen LogP contribution >= 0.6 is 11.5 Å². The summed E-state index contributed by atoms with van der Waals surface area (Å²) < 4.78 is 8.68. The fraction of sp³-hybridized carbons (Fsp3) is 0.333. The molecule has 1 aromatic rings. The van der Waals surface area contributed by atoms with Crippen molar-refractivity contribution in [1.82, 2.24) is 4.37 Å². The lowest BCUT2D eigenvalue weighted by Gasteiger charge is -1.96. The Balaban J connectivity index is 2.92. The average molecular weight is 172 g/mol. The Morgan fingerprint density at radius 3 is 3.18 bits per heavy atom. The molecule has 0 aliphatic carbocycles. The first-order chi connectivity index (χ1) is 5.29. The summed E-state index contributed by atoms with van der Waals surface area (Å²) in [6, 6.07) is 0. The Labute approximate surface area is 68.1 Å². The third-order valence-electron chi connectivity index (χ3n) is 1.22. The first-order valence-electron chi connectivity index (χ1n) is 3.01. The van der Waals surface area contributed by atoms with Gasteiger partial charge in [0.05, 0.1) is 19.2 Å². The van der Waals surface area contributed by atoms with E-state index < -0.39 is 0 Å². The molecule has 5 heteroatoms. The van der Waals surface area contributed by atoms with Crippen molar-refractivity contribution in [2.24, 2.45) is 5.73 Å². The number of hydrogen-bond donors (Lipinski definition) is 1. The minimum absolute atomic E-state index is 0.00519. The van der Waals surface area contributed by atoms with Gasteiger partial charge in [0.1, 0.15) is 0 Å². The van der Waals surface area contributed by atoms with Crippen molar-refractivity contribution in [2.45, 2.75) is 0 Å². The number of Topliss-reactive ketones (excluding diaryl/α,β-unsaturated/α-hetero) is 1. The van der Waals surface area contributed by atoms with Gasteiger partial charge in [-0.1, -0.05) is 0 Å². The van der Waals surface area contributed by atoms with E-state index in [0.717, 1.165) is 0 Å². The summed E-state index contributed by atoms with van der Waals surface area (Å²) in [5, 5.41) is 1.63. The first kappa shape index (κ1) is 8.16. The van der Waals surface area contributed by atoms with Crippen LogP contribution in [0.1, 0.15) is 10.4 Å². The number of ketones is 1. The zero-order valence-corrected chi connectivity index (χ0v) is 6.85. The van der Waals surface area contributed by atoms with Crippen molar-refractivity contribution < 1.29 is 9.53 Å². The van der Waals surface area contributed by atoms with E-state index in [0.29, 0.717) is 11.4 Å². The van der Waals surface area contributed by atoms with Crippen LogP contribution < -0.4 is 10.5 Å². The quantitative estimate of drug-likeness (QED) is 0.666. The summed E-state index contributed by atoms with van der Waals surface area (Å²) >= 11 is 1.18. The highest BCUT2D eigenvalue weighted by Gasteiger charge is 2.12. The van der Waals surface area contributed by atoms with E-state index in [-0.39, 0.29) is 12.3 Å². The molecule has 0 bridgehead atoms. The van der Waals surface area contributed by atoms with Gasteiger partial charge in [-0.25, -0.2) is 0 Å². The van der Waals surface area contributed by atoms with Crippen LogP contribution in [0.4, 0.5) is 0 Å². The second-order valence-electron chi connectivity index (χ2n) is 1.86. The lowest BCUT2D eigenvalue weighted by molar-refractivity contribution is 0.0998. The van der Waals surface area contributed by atoms with Crippen molar-refractivity contribution >= 4 is 17.3 Å². The summed E-state index contributed by atoms with van der Waals surface area (Å²) in [6.45, 7) is -0.00519. The van der Waals surface area contributed by atoms with E-state index in [1.807, 2.05) is 0 Å². The van der Waals surface area contributed by atoms with Crippen molar-refractivity contribution in [1.29, 1.82) is 0 Å². The summed E-state index contributed by atoms with van der Waals surface area (Å²) in [4.78, 5) is 11.0. The zero-order chi connectivity index (χ0) is 8.27. The number of rotatable bonds is 3. The summed E-state index contributed by atoms with van der Waals surface area (Å²) in [5.74, 6) is 0.223. The maximum Gasteiger partial charge on any atom is 0.235 e. The highest BCUT2D eigenvalue weighted by molar-refractivity contribution is 7.04. The standard InChI is InChI=1S/C6H8N2O2S/c1-10-6-4(3-11-8-6)5(9)2-7/h3H,2,7H2,1H3. The summed E-state index contributed by atoms with van der Waals surface area (Å²) in [5.41, 5.74) is 5.63. The Morgan fingerprint density at radius 2 is 2.64 bits per heavy atom. The lowest BCUT2D eigenvalue weighted by atomic mass is 10.2. The molecule has 0 amide bonds. The molecule has 0 saturated carbocycles. The molecule has 2 N–H and O–H groups in total. The van der Waals surface area contributed by atoms with Crippen LogP contribution in [0.15, 0.2) is 5.38 Å². The molecule has 0 aliphatic heterocycles. The number of aromatic nitrogens is 1. The van der Waals surface area contributed by atoms with Gasteiger partial charge in [0.15, 0.2) is 5.78 Å². The van der Waals surface area contributed by atoms with E-state index in [1.54, 1.807) is 5.38 Å². The maximum atomic E-state index is 11.0. The third kappa shape index (κ3) is 1.55. The molecule has 0 saturated heterocycles. The summed E-state index contributed by atoms with van der Waals surface area (Å²) in [6.07, 6.45) is 0. The minimum Gasteiger partial charge on any atom is -0.480 e. The van der Waals surface area contributed by atoms with Gasteiger partial charge in [-0.2, -0.15) is 4.37 Å². The largest absolute Gasteiger partial charge is 0.480 e. The Bertz CT molecular complexity index is 259. The van der Waals surface area contributed by atoms with E-state index in [9.17, 15) is 4.79 Å². The topological polar surface area (TPSA) is 65.2 Å². The van der Waals surface area contributed by atoms with Crippen LogP contribution in [0.5, 0.6) is 5.88 Å². The highest BCUT2D eigenvalue weighted by atomic mass is 32.1. The van der Waals surface area contributed by atoms with Gasteiger partial charge >= 0.3 is 0 Å². The Morgan fingerprint density at radius 1 is 1.91 bits per heavy atom. The molecule has 0 aliphatic rings. The van der Waals surface area contributed by atoms with Gasteiger partial charge in [-0.15, -0.1) is 0 Å². The van der Waals surface area contributed by atoms with Gasteiger partial charge in [0, 0.05) is 5.38 Å². The average Bonchev–Trinajstić information content (AvgIpc) is 2.50. The number of carbonyl (C=O) groups is 1. The van der Waals surface area contributed by atoms with Crippen molar-refractivity contribution in [3.8, 4) is 5.88 Å². The third-order valence-corrected chi connectivity index (χ3v) is 1.83. The van der Waals surface area contributed by atoms with Crippen molar-refractivity contribution in [3.05, 3.63) is 10.9 Å². The van der Waals surface area contributed by atoms with E-state index in [1.165, 1.54) is 18.6 Å². The van der Waals surface area contributed by atoms with E-state index in [4.69, 9.17) is 10.5 Å². The number of methoxy groups -OCH3 is 1. The molecule has 0 radical (unpaired) electrons. The maximum absolute atomic E-state index is 11.0. The molecular formula is C6H8N2O2S. The predicted octanol–water partition coefficient (Wildman–Crippen LogP) is 0.293. The van der Waals surface area contributed by atoms with E-state index >= 15 is 0 Å². The molecule has 0 fully saturated rings. The molecule has 0 spiro atoms. The van der Waals surface area contributed by atoms with Crippen LogP contribution in [0.3, 0.4) is 0 Å². The lowest BCUT2D eigenvalue weighted by Crippen LogP contribution is -2.13. The number of ether oxygens (including phenoxy) is 1. The van der Waals surface area contributed by atoms with Gasteiger partial charge < -0.3 is 10.5 Å². The monoisotopic (exact) mass is 172 g/mol. The van der Waals surface area contributed by atoms with Crippen LogP contribution in [-0.2, 0) is 0 Å². The Hall–Kier alpha value is -0.940. The fourth-order valence-corrected chi connectivity index (χ4v) is 1.33. The smallest absolute Gasteiger partial charge is 0.235 e. The molecule has 11 heavy (non-hydrogen) atoms. The van der Waals surface area contributed by atoms with Crippen LogP contribution in [0.25, 0.3) is 0 Å².